The molecule has 0 radical (unpaired) electrons. The zero-order valence-corrected chi connectivity index (χ0v) is 19.8. The molecule has 0 unspecified atom stereocenters. The average molecular weight is 464 g/mol. The molecule has 2 amide bonds. The van der Waals surface area contributed by atoms with E-state index in [9.17, 15) is 10.1 Å². The lowest BCUT2D eigenvalue weighted by atomic mass is 10.2. The van der Waals surface area contributed by atoms with Gasteiger partial charge >= 0.3 is 6.03 Å². The van der Waals surface area contributed by atoms with Crippen LogP contribution in [0.1, 0.15) is 12.0 Å². The highest BCUT2D eigenvalue weighted by atomic mass is 16.5. The lowest BCUT2D eigenvalue weighted by Gasteiger charge is -2.30. The van der Waals surface area contributed by atoms with Gasteiger partial charge < -0.3 is 25.0 Å². The molecule has 8 nitrogen and oxygen atoms in total. The molecule has 0 saturated carbocycles. The molecule has 1 heterocycles. The van der Waals surface area contributed by atoms with E-state index in [-0.39, 0.29) is 6.03 Å². The molecule has 1 saturated heterocycles. The molecule has 0 aromatic heterocycles. The molecule has 1 aliphatic heterocycles. The van der Waals surface area contributed by atoms with Crippen LogP contribution in [-0.4, -0.2) is 75.4 Å². The first kappa shape index (κ1) is 25.1. The van der Waals surface area contributed by atoms with E-state index in [0.29, 0.717) is 43.1 Å². The highest BCUT2D eigenvalue weighted by Crippen LogP contribution is 2.18. The van der Waals surface area contributed by atoms with Crippen LogP contribution >= 0.6 is 0 Å². The van der Waals surface area contributed by atoms with Gasteiger partial charge in [-0.3, -0.25) is 4.90 Å². The third-order valence-corrected chi connectivity index (χ3v) is 5.54. The first-order valence-corrected chi connectivity index (χ1v) is 11.5. The van der Waals surface area contributed by atoms with Crippen molar-refractivity contribution in [2.24, 2.45) is 0 Å². The number of carbonyl (C=O) groups excluding carboxylic acids is 1. The SMILES string of the molecule is C=C(CN1CCNCC1)CN(CCCOc1ccccc1C#N)C(=O)Nc1ccc(OC)cc1. The molecule has 0 aliphatic carbocycles. The van der Waals surface area contributed by atoms with Gasteiger partial charge in [0.2, 0.25) is 0 Å². The second kappa shape index (κ2) is 13.2. The highest BCUT2D eigenvalue weighted by Gasteiger charge is 2.17. The first-order valence-electron chi connectivity index (χ1n) is 11.5. The summed E-state index contributed by atoms with van der Waals surface area (Å²) in [5, 5.41) is 15.5. The number of hydrogen-bond donors (Lipinski definition) is 2. The van der Waals surface area contributed by atoms with E-state index in [0.717, 1.165) is 44.0 Å². The Morgan fingerprint density at radius 3 is 2.65 bits per heavy atom. The molecule has 2 aromatic carbocycles. The molecular formula is C26H33N5O3. The molecule has 3 rings (SSSR count). The van der Waals surface area contributed by atoms with Gasteiger partial charge in [0.25, 0.3) is 0 Å². The van der Waals surface area contributed by atoms with Crippen molar-refractivity contribution in [1.29, 1.82) is 5.26 Å². The number of nitrogens with one attached hydrogen (secondary N) is 2. The predicted molar refractivity (Wildman–Crippen MR) is 133 cm³/mol. The molecule has 2 N–H and O–H groups in total. The fraction of sp³-hybridized carbons (Fsp3) is 0.385. The number of piperazine rings is 1. The van der Waals surface area contributed by atoms with Crippen LogP contribution in [0.4, 0.5) is 10.5 Å². The Morgan fingerprint density at radius 1 is 1.21 bits per heavy atom. The molecule has 8 heteroatoms. The Labute approximate surface area is 201 Å². The van der Waals surface area contributed by atoms with Crippen molar-refractivity contribution >= 4 is 11.7 Å². The monoisotopic (exact) mass is 463 g/mol. The summed E-state index contributed by atoms with van der Waals surface area (Å²) in [6, 6.07) is 16.3. The van der Waals surface area contributed by atoms with Crippen LogP contribution in [0.2, 0.25) is 0 Å². The maximum absolute atomic E-state index is 13.1. The van der Waals surface area contributed by atoms with E-state index in [1.165, 1.54) is 0 Å². The normalized spacial score (nSPS) is 13.5. The quantitative estimate of drug-likeness (QED) is 0.393. The maximum Gasteiger partial charge on any atom is 0.322 e. The molecule has 180 valence electrons. The van der Waals surface area contributed by atoms with E-state index >= 15 is 0 Å². The van der Waals surface area contributed by atoms with Gasteiger partial charge in [0.15, 0.2) is 0 Å². The van der Waals surface area contributed by atoms with Crippen molar-refractivity contribution in [3.05, 3.63) is 66.2 Å². The average Bonchev–Trinajstić information content (AvgIpc) is 2.87. The van der Waals surface area contributed by atoms with E-state index in [1.807, 2.05) is 30.3 Å². The number of benzene rings is 2. The van der Waals surface area contributed by atoms with Crippen LogP contribution in [0, 0.1) is 11.3 Å². The number of nitriles is 1. The minimum Gasteiger partial charge on any atom is -0.497 e. The van der Waals surface area contributed by atoms with Gasteiger partial charge in [-0.2, -0.15) is 5.26 Å². The topological polar surface area (TPSA) is 89.9 Å². The highest BCUT2D eigenvalue weighted by molar-refractivity contribution is 5.89. The van der Waals surface area contributed by atoms with E-state index in [2.05, 4.69) is 28.2 Å². The molecule has 0 bridgehead atoms. The van der Waals surface area contributed by atoms with Crippen molar-refractivity contribution in [3.8, 4) is 17.6 Å². The summed E-state index contributed by atoms with van der Waals surface area (Å²) in [7, 11) is 1.61. The number of hydrogen-bond acceptors (Lipinski definition) is 6. The lowest BCUT2D eigenvalue weighted by molar-refractivity contribution is 0.205. The minimum absolute atomic E-state index is 0.191. The minimum atomic E-state index is -0.191. The van der Waals surface area contributed by atoms with Crippen molar-refractivity contribution in [1.82, 2.24) is 15.1 Å². The number of amides is 2. The van der Waals surface area contributed by atoms with Gasteiger partial charge in [-0.1, -0.05) is 18.7 Å². The summed E-state index contributed by atoms with van der Waals surface area (Å²) < 4.78 is 11.0. The third-order valence-electron chi connectivity index (χ3n) is 5.54. The maximum atomic E-state index is 13.1. The van der Waals surface area contributed by atoms with Gasteiger partial charge in [-0.05, 0) is 48.4 Å². The standard InChI is InChI=1S/C26H33N5O3/c1-21(19-30-15-12-28-13-16-30)20-31(26(32)29-23-8-10-24(33-2)11-9-23)14-5-17-34-25-7-4-3-6-22(25)18-27/h3-4,6-11,28H,1,5,12-17,19-20H2,2H3,(H,29,32). The Balaban J connectivity index is 1.58. The van der Waals surface area contributed by atoms with Crippen molar-refractivity contribution in [3.63, 3.8) is 0 Å². The Morgan fingerprint density at radius 2 is 1.94 bits per heavy atom. The van der Waals surface area contributed by atoms with Gasteiger partial charge in [0.1, 0.15) is 17.6 Å². The zero-order valence-electron chi connectivity index (χ0n) is 19.8. The lowest BCUT2D eigenvalue weighted by Crippen LogP contribution is -2.45. The van der Waals surface area contributed by atoms with Crippen LogP contribution in [0.5, 0.6) is 11.5 Å². The fourth-order valence-corrected chi connectivity index (χ4v) is 3.76. The third kappa shape index (κ3) is 7.80. The Hall–Kier alpha value is -3.54. The summed E-state index contributed by atoms with van der Waals surface area (Å²) in [4.78, 5) is 17.2. The summed E-state index contributed by atoms with van der Waals surface area (Å²) in [6.07, 6.45) is 0.622. The van der Waals surface area contributed by atoms with Crippen LogP contribution in [0.15, 0.2) is 60.7 Å². The van der Waals surface area contributed by atoms with E-state index in [1.54, 1.807) is 30.2 Å². The van der Waals surface area contributed by atoms with Crippen molar-refractivity contribution in [2.45, 2.75) is 6.42 Å². The molecule has 1 fully saturated rings. The Bertz CT molecular complexity index is 981. The molecular weight excluding hydrogens is 430 g/mol. The number of methoxy groups -OCH3 is 1. The van der Waals surface area contributed by atoms with Gasteiger partial charge in [-0.15, -0.1) is 0 Å². The van der Waals surface area contributed by atoms with Crippen molar-refractivity contribution in [2.75, 3.05) is 64.8 Å². The van der Waals surface area contributed by atoms with Gasteiger partial charge in [0, 0.05) is 51.5 Å². The number of anilines is 1. The smallest absolute Gasteiger partial charge is 0.322 e. The number of carbonyl (C=O) groups is 1. The number of urea groups is 1. The molecule has 34 heavy (non-hydrogen) atoms. The number of ether oxygens (including phenoxy) is 2. The first-order chi connectivity index (χ1) is 16.6. The van der Waals surface area contributed by atoms with E-state index < -0.39 is 0 Å². The van der Waals surface area contributed by atoms with Crippen LogP contribution in [0.25, 0.3) is 0 Å². The predicted octanol–water partition coefficient (Wildman–Crippen LogP) is 3.33. The second-order valence-corrected chi connectivity index (χ2v) is 8.17. The van der Waals surface area contributed by atoms with Gasteiger partial charge in [0.05, 0.1) is 19.3 Å². The molecule has 2 aromatic rings. The zero-order chi connectivity index (χ0) is 24.2. The molecule has 0 spiro atoms. The summed E-state index contributed by atoms with van der Waals surface area (Å²) in [6.45, 7) is 10.2. The summed E-state index contributed by atoms with van der Waals surface area (Å²) >= 11 is 0. The second-order valence-electron chi connectivity index (χ2n) is 8.17. The Kier molecular flexibility index (Phi) is 9.77. The number of rotatable bonds is 11. The summed E-state index contributed by atoms with van der Waals surface area (Å²) in [5.41, 5.74) is 2.19. The van der Waals surface area contributed by atoms with Crippen LogP contribution < -0.4 is 20.1 Å². The van der Waals surface area contributed by atoms with Crippen LogP contribution in [-0.2, 0) is 0 Å². The number of para-hydroxylation sites is 1. The fourth-order valence-electron chi connectivity index (χ4n) is 3.76. The van der Waals surface area contributed by atoms with Crippen molar-refractivity contribution < 1.29 is 14.3 Å². The number of nitrogens with zero attached hydrogens (tertiary/aromatic N) is 3. The van der Waals surface area contributed by atoms with E-state index in [4.69, 9.17) is 9.47 Å². The summed E-state index contributed by atoms with van der Waals surface area (Å²) in [5.74, 6) is 1.29. The largest absolute Gasteiger partial charge is 0.497 e. The van der Waals surface area contributed by atoms with Gasteiger partial charge in [-0.25, -0.2) is 4.79 Å². The molecule has 0 atom stereocenters. The van der Waals surface area contributed by atoms with Crippen LogP contribution in [0.3, 0.4) is 0 Å². The molecule has 1 aliphatic rings.